The number of benzene rings is 1. The monoisotopic (exact) mass is 446 g/mol. The van der Waals surface area contributed by atoms with E-state index in [9.17, 15) is 24.8 Å². The highest BCUT2D eigenvalue weighted by Crippen LogP contribution is 2.38. The molecule has 0 aromatic heterocycles. The average Bonchev–Trinajstić information content (AvgIpc) is 2.78. The van der Waals surface area contributed by atoms with Gasteiger partial charge in [-0.3, -0.25) is 24.6 Å². The van der Waals surface area contributed by atoms with E-state index in [0.29, 0.717) is 0 Å². The van der Waals surface area contributed by atoms with Crippen LogP contribution in [-0.4, -0.2) is 42.8 Å². The van der Waals surface area contributed by atoms with Gasteiger partial charge in [0.25, 0.3) is 11.6 Å². The molecule has 0 radical (unpaired) electrons. The number of carbonyl (C=O) groups excluding carboxylic acids is 1. The number of carboxylic acids is 1. The fourth-order valence-electron chi connectivity index (χ4n) is 2.04. The normalized spacial score (nSPS) is 15.9. The lowest BCUT2D eigenvalue weighted by molar-refractivity contribution is -0.385. The van der Waals surface area contributed by atoms with Gasteiger partial charge in [-0.05, 0) is 28.4 Å². The molecule has 0 aliphatic carbocycles. The van der Waals surface area contributed by atoms with Crippen LogP contribution in [-0.2, 0) is 9.59 Å². The zero-order valence-electron chi connectivity index (χ0n) is 12.5. The van der Waals surface area contributed by atoms with Crippen molar-refractivity contribution in [1.29, 1.82) is 0 Å². The highest BCUT2D eigenvalue weighted by Gasteiger charge is 2.32. The molecule has 8 nitrogen and oxygen atoms in total. The van der Waals surface area contributed by atoms with Gasteiger partial charge in [0.15, 0.2) is 0 Å². The number of carbonyl (C=O) groups is 2. The van der Waals surface area contributed by atoms with E-state index in [2.05, 4.69) is 15.9 Å². The van der Waals surface area contributed by atoms with E-state index in [1.807, 2.05) is 0 Å². The highest BCUT2D eigenvalue weighted by atomic mass is 79.9. The topological polar surface area (TPSA) is 121 Å². The molecule has 1 fully saturated rings. The van der Waals surface area contributed by atoms with E-state index in [1.54, 1.807) is 0 Å². The van der Waals surface area contributed by atoms with E-state index >= 15 is 0 Å². The van der Waals surface area contributed by atoms with Crippen LogP contribution in [0.4, 0.5) is 5.69 Å². The molecule has 0 saturated carbocycles. The van der Waals surface area contributed by atoms with Crippen molar-refractivity contribution < 1.29 is 24.7 Å². The minimum Gasteiger partial charge on any atom is -0.506 e. The van der Waals surface area contributed by atoms with Crippen LogP contribution in [0.2, 0.25) is 0 Å². The maximum atomic E-state index is 12.4. The molecule has 1 amide bonds. The number of aromatic hydroxyl groups is 1. The Balaban J connectivity index is 2.27. The number of hydrogen-bond acceptors (Lipinski definition) is 7. The standard InChI is InChI=1S/C14H11BrN2O6S2/c15-9-6-8(17(22)23)4-7(12(9)20)5-10-13(21)16(14(24)25-10)3-1-2-11(18)19/h4-6,20H,1-3H2,(H,18,19). The largest absolute Gasteiger partial charge is 0.506 e. The lowest BCUT2D eigenvalue weighted by atomic mass is 10.1. The summed E-state index contributed by atoms with van der Waals surface area (Å²) in [6.45, 7) is 0.166. The van der Waals surface area contributed by atoms with Gasteiger partial charge in [0.05, 0.1) is 14.3 Å². The van der Waals surface area contributed by atoms with Crippen molar-refractivity contribution in [3.05, 3.63) is 37.2 Å². The van der Waals surface area contributed by atoms with Crippen molar-refractivity contribution in [2.45, 2.75) is 12.8 Å². The molecule has 0 atom stereocenters. The fraction of sp³-hybridized carbons (Fsp3) is 0.214. The summed E-state index contributed by atoms with van der Waals surface area (Å²) in [4.78, 5) is 34.7. The fourth-order valence-corrected chi connectivity index (χ4v) is 3.81. The molecule has 1 heterocycles. The quantitative estimate of drug-likeness (QED) is 0.295. The molecule has 1 aliphatic heterocycles. The Bertz CT molecular complexity index is 811. The number of non-ortho nitro benzene ring substituents is 1. The summed E-state index contributed by atoms with van der Waals surface area (Å²) in [6.07, 6.45) is 1.49. The molecular weight excluding hydrogens is 436 g/mol. The van der Waals surface area contributed by atoms with Crippen molar-refractivity contribution >= 4 is 67.9 Å². The molecule has 0 spiro atoms. The van der Waals surface area contributed by atoms with Gasteiger partial charge in [-0.1, -0.05) is 24.0 Å². The van der Waals surface area contributed by atoms with Crippen LogP contribution < -0.4 is 0 Å². The number of hydrogen-bond donors (Lipinski definition) is 2. The second kappa shape index (κ2) is 7.93. The van der Waals surface area contributed by atoms with Crippen LogP contribution >= 0.6 is 39.9 Å². The van der Waals surface area contributed by atoms with E-state index in [4.69, 9.17) is 17.3 Å². The van der Waals surface area contributed by atoms with Crippen molar-refractivity contribution in [1.82, 2.24) is 4.90 Å². The smallest absolute Gasteiger partial charge is 0.303 e. The minimum absolute atomic E-state index is 0.0886. The van der Waals surface area contributed by atoms with Gasteiger partial charge in [-0.2, -0.15) is 0 Å². The molecule has 25 heavy (non-hydrogen) atoms. The van der Waals surface area contributed by atoms with Crippen LogP contribution in [0, 0.1) is 10.1 Å². The lowest BCUT2D eigenvalue weighted by Crippen LogP contribution is -2.29. The maximum Gasteiger partial charge on any atom is 0.303 e. The number of nitro benzene ring substituents is 1. The SMILES string of the molecule is O=C(O)CCCN1C(=O)C(=Cc2cc([N+](=O)[O-])cc(Br)c2O)SC1=S. The first-order chi connectivity index (χ1) is 11.7. The number of thioether (sulfide) groups is 1. The number of thiocarbonyl (C=S) groups is 1. The highest BCUT2D eigenvalue weighted by molar-refractivity contribution is 9.10. The Labute approximate surface area is 159 Å². The molecule has 1 aromatic rings. The Morgan fingerprint density at radius 1 is 1.48 bits per heavy atom. The van der Waals surface area contributed by atoms with Crippen LogP contribution in [0.15, 0.2) is 21.5 Å². The van der Waals surface area contributed by atoms with Gasteiger partial charge >= 0.3 is 5.97 Å². The number of carboxylic acid groups (broad SMARTS) is 1. The molecule has 2 rings (SSSR count). The number of phenolic OH excluding ortho intramolecular Hbond substituents is 1. The number of halogens is 1. The zero-order chi connectivity index (χ0) is 18.7. The van der Waals surface area contributed by atoms with E-state index < -0.39 is 16.8 Å². The molecular formula is C14H11BrN2O6S2. The first kappa shape index (κ1) is 19.3. The van der Waals surface area contributed by atoms with Crippen molar-refractivity contribution in [2.75, 3.05) is 6.54 Å². The van der Waals surface area contributed by atoms with Gasteiger partial charge < -0.3 is 10.2 Å². The predicted octanol–water partition coefficient (Wildman–Crippen LogP) is 3.13. The zero-order valence-corrected chi connectivity index (χ0v) is 15.7. The Hall–Kier alpha value is -1.98. The number of phenols is 1. The maximum absolute atomic E-state index is 12.4. The summed E-state index contributed by atoms with van der Waals surface area (Å²) in [5.74, 6) is -1.63. The summed E-state index contributed by atoms with van der Waals surface area (Å²) in [5.41, 5.74) is -0.139. The van der Waals surface area contributed by atoms with Gasteiger partial charge in [-0.15, -0.1) is 0 Å². The number of rotatable bonds is 6. The van der Waals surface area contributed by atoms with Crippen molar-refractivity contribution in [3.63, 3.8) is 0 Å². The average molecular weight is 447 g/mol. The first-order valence-electron chi connectivity index (χ1n) is 6.84. The molecule has 1 aromatic carbocycles. The lowest BCUT2D eigenvalue weighted by Gasteiger charge is -2.13. The van der Waals surface area contributed by atoms with Crippen molar-refractivity contribution in [3.8, 4) is 5.75 Å². The van der Waals surface area contributed by atoms with Gasteiger partial charge in [-0.25, -0.2) is 0 Å². The second-order valence-corrected chi connectivity index (χ2v) is 7.48. The third-order valence-electron chi connectivity index (χ3n) is 3.22. The number of aliphatic carboxylic acids is 1. The first-order valence-corrected chi connectivity index (χ1v) is 8.86. The third-order valence-corrected chi connectivity index (χ3v) is 5.20. The van der Waals surface area contributed by atoms with E-state index in [1.165, 1.54) is 11.0 Å². The van der Waals surface area contributed by atoms with Crippen LogP contribution in [0.3, 0.4) is 0 Å². The molecule has 1 saturated heterocycles. The molecule has 11 heteroatoms. The second-order valence-electron chi connectivity index (χ2n) is 4.95. The summed E-state index contributed by atoms with van der Waals surface area (Å²) < 4.78 is 0.399. The Morgan fingerprint density at radius 2 is 2.16 bits per heavy atom. The van der Waals surface area contributed by atoms with Crippen LogP contribution in [0.1, 0.15) is 18.4 Å². The summed E-state index contributed by atoms with van der Waals surface area (Å²) >= 11 is 9.14. The number of nitrogens with zero attached hydrogens (tertiary/aromatic N) is 2. The van der Waals surface area contributed by atoms with Crippen molar-refractivity contribution in [2.24, 2.45) is 0 Å². The molecule has 132 valence electrons. The van der Waals surface area contributed by atoms with Crippen LogP contribution in [0.5, 0.6) is 5.75 Å². The molecule has 0 bridgehead atoms. The summed E-state index contributed by atoms with van der Waals surface area (Å²) in [5, 5.41) is 29.6. The summed E-state index contributed by atoms with van der Waals surface area (Å²) in [7, 11) is 0. The number of nitro groups is 1. The van der Waals surface area contributed by atoms with E-state index in [-0.39, 0.29) is 50.1 Å². The predicted molar refractivity (Wildman–Crippen MR) is 99.2 cm³/mol. The third kappa shape index (κ3) is 4.55. The Morgan fingerprint density at radius 3 is 2.76 bits per heavy atom. The minimum atomic E-state index is -0.965. The molecule has 2 N–H and O–H groups in total. The number of amides is 1. The summed E-state index contributed by atoms with van der Waals surface area (Å²) in [6, 6.07) is 2.31. The molecule has 1 aliphatic rings. The van der Waals surface area contributed by atoms with Gasteiger partial charge in [0, 0.05) is 30.7 Å². The molecule has 0 unspecified atom stereocenters. The van der Waals surface area contributed by atoms with Crippen LogP contribution in [0.25, 0.3) is 6.08 Å². The van der Waals surface area contributed by atoms with Gasteiger partial charge in [0.1, 0.15) is 10.1 Å². The van der Waals surface area contributed by atoms with E-state index in [0.717, 1.165) is 23.9 Å². The van der Waals surface area contributed by atoms with Gasteiger partial charge in [0.2, 0.25) is 0 Å². The Kier molecular flexibility index (Phi) is 6.14.